The number of halogens is 1. The molecule has 0 saturated carbocycles. The Balaban J connectivity index is 1.40. The third kappa shape index (κ3) is 4.18. The number of ether oxygens (including phenoxy) is 2. The Labute approximate surface area is 164 Å². The van der Waals surface area contributed by atoms with Crippen molar-refractivity contribution in [1.29, 1.82) is 0 Å². The second kappa shape index (κ2) is 8.29. The molecule has 0 N–H and O–H groups in total. The molecule has 28 heavy (non-hydrogen) atoms. The van der Waals surface area contributed by atoms with E-state index < -0.39 is 0 Å². The van der Waals surface area contributed by atoms with Gasteiger partial charge in [0.25, 0.3) is 5.91 Å². The first kappa shape index (κ1) is 18.9. The first-order valence-electron chi connectivity index (χ1n) is 9.63. The van der Waals surface area contributed by atoms with Crippen LogP contribution in [0.1, 0.15) is 15.9 Å². The van der Waals surface area contributed by atoms with Crippen LogP contribution in [0.4, 0.5) is 4.39 Å². The Morgan fingerprint density at radius 1 is 1.11 bits per heavy atom. The molecule has 2 bridgehead atoms. The summed E-state index contributed by atoms with van der Waals surface area (Å²) in [6, 6.07) is 13.9. The number of carbonyl (C=O) groups is 1. The average molecular weight is 384 g/mol. The average Bonchev–Trinajstić information content (AvgIpc) is 2.96. The van der Waals surface area contributed by atoms with Gasteiger partial charge in [-0.25, -0.2) is 4.39 Å². The topological polar surface area (TPSA) is 42.0 Å². The number of nitrogens with zero attached hydrogens (tertiary/aromatic N) is 2. The van der Waals surface area contributed by atoms with Crippen molar-refractivity contribution in [3.05, 3.63) is 65.5 Å². The second-order valence-corrected chi connectivity index (χ2v) is 7.61. The normalized spacial score (nSPS) is 22.6. The smallest absolute Gasteiger partial charge is 0.253 e. The summed E-state index contributed by atoms with van der Waals surface area (Å²) in [5, 5.41) is 0. The van der Waals surface area contributed by atoms with E-state index in [0.717, 1.165) is 6.54 Å². The molecule has 6 heteroatoms. The fourth-order valence-electron chi connectivity index (χ4n) is 3.87. The number of fused-ring (bicyclic) bond motifs is 3. The highest BCUT2D eigenvalue weighted by Crippen LogP contribution is 2.21. The first-order valence-corrected chi connectivity index (χ1v) is 9.63. The van der Waals surface area contributed by atoms with Crippen LogP contribution in [0, 0.1) is 11.7 Å². The summed E-state index contributed by atoms with van der Waals surface area (Å²) in [5.41, 5.74) is 1.15. The first-order chi connectivity index (χ1) is 13.6. The third-order valence-electron chi connectivity index (χ3n) is 5.48. The summed E-state index contributed by atoms with van der Waals surface area (Å²) < 4.78 is 25.1. The monoisotopic (exact) mass is 384 g/mol. The van der Waals surface area contributed by atoms with Crippen molar-refractivity contribution < 1.29 is 18.7 Å². The zero-order valence-corrected chi connectivity index (χ0v) is 16.0. The molecule has 0 aromatic heterocycles. The van der Waals surface area contributed by atoms with Gasteiger partial charge in [-0.2, -0.15) is 0 Å². The standard InChI is InChI=1S/C22H25FN2O3/c1-24-10-16-11-25(12-19(24)15-27-13-16)22(26)17-6-8-20(9-7-17)28-14-18-4-2-3-5-21(18)23/h2-9,16,19H,10-15H2,1H3/t16-,19+/m1/s1. The summed E-state index contributed by atoms with van der Waals surface area (Å²) in [6.45, 7) is 3.87. The van der Waals surface area contributed by atoms with Gasteiger partial charge in [0, 0.05) is 36.7 Å². The fourth-order valence-corrected chi connectivity index (χ4v) is 3.87. The van der Waals surface area contributed by atoms with Gasteiger partial charge in [0.05, 0.1) is 19.3 Å². The van der Waals surface area contributed by atoms with Crippen molar-refractivity contribution in [2.75, 3.05) is 39.9 Å². The summed E-state index contributed by atoms with van der Waals surface area (Å²) in [4.78, 5) is 17.2. The Morgan fingerprint density at radius 2 is 1.89 bits per heavy atom. The van der Waals surface area contributed by atoms with E-state index in [0.29, 0.717) is 49.1 Å². The highest BCUT2D eigenvalue weighted by Gasteiger charge is 2.33. The summed E-state index contributed by atoms with van der Waals surface area (Å²) in [7, 11) is 2.10. The van der Waals surface area contributed by atoms with E-state index in [4.69, 9.17) is 9.47 Å². The molecule has 0 radical (unpaired) electrons. The Morgan fingerprint density at radius 3 is 2.68 bits per heavy atom. The molecule has 1 amide bonds. The predicted octanol–water partition coefficient (Wildman–Crippen LogP) is 2.81. The van der Waals surface area contributed by atoms with Crippen LogP contribution in [-0.2, 0) is 11.3 Å². The van der Waals surface area contributed by atoms with Crippen LogP contribution in [-0.4, -0.2) is 61.6 Å². The largest absolute Gasteiger partial charge is 0.489 e. The molecule has 2 atom stereocenters. The minimum Gasteiger partial charge on any atom is -0.489 e. The van der Waals surface area contributed by atoms with Gasteiger partial charge in [0.2, 0.25) is 0 Å². The molecular formula is C22H25FN2O3. The molecule has 0 unspecified atom stereocenters. The lowest BCUT2D eigenvalue weighted by Crippen LogP contribution is -2.44. The van der Waals surface area contributed by atoms with Crippen LogP contribution in [0.2, 0.25) is 0 Å². The van der Waals surface area contributed by atoms with Gasteiger partial charge >= 0.3 is 0 Å². The minimum atomic E-state index is -0.282. The molecule has 2 aromatic carbocycles. The molecule has 2 heterocycles. The lowest BCUT2D eigenvalue weighted by molar-refractivity contribution is 0.0433. The maximum atomic E-state index is 13.7. The molecule has 2 fully saturated rings. The Hall–Kier alpha value is -2.44. The van der Waals surface area contributed by atoms with Gasteiger partial charge < -0.3 is 14.4 Å². The van der Waals surface area contributed by atoms with E-state index in [9.17, 15) is 9.18 Å². The zero-order valence-electron chi connectivity index (χ0n) is 16.0. The number of rotatable bonds is 4. The maximum absolute atomic E-state index is 13.7. The van der Waals surface area contributed by atoms with Crippen LogP contribution < -0.4 is 4.74 Å². The number of amides is 1. The summed E-state index contributed by atoms with van der Waals surface area (Å²) in [6.07, 6.45) is 0. The van der Waals surface area contributed by atoms with Crippen LogP contribution in [0.3, 0.4) is 0 Å². The number of benzene rings is 2. The van der Waals surface area contributed by atoms with Gasteiger partial charge in [-0.1, -0.05) is 18.2 Å². The molecule has 2 aliphatic rings. The molecule has 2 aliphatic heterocycles. The lowest BCUT2D eigenvalue weighted by Gasteiger charge is -2.29. The molecule has 2 saturated heterocycles. The minimum absolute atomic E-state index is 0.0350. The second-order valence-electron chi connectivity index (χ2n) is 7.61. The molecule has 2 aromatic rings. The van der Waals surface area contributed by atoms with Crippen molar-refractivity contribution in [3.63, 3.8) is 0 Å². The number of carbonyl (C=O) groups excluding carboxylic acids is 1. The van der Waals surface area contributed by atoms with Crippen LogP contribution >= 0.6 is 0 Å². The Bertz CT molecular complexity index is 827. The predicted molar refractivity (Wildman–Crippen MR) is 104 cm³/mol. The maximum Gasteiger partial charge on any atom is 0.253 e. The van der Waals surface area contributed by atoms with Crippen molar-refractivity contribution in [2.45, 2.75) is 12.6 Å². The van der Waals surface area contributed by atoms with Gasteiger partial charge in [-0.15, -0.1) is 0 Å². The van der Waals surface area contributed by atoms with Crippen LogP contribution in [0.5, 0.6) is 5.75 Å². The molecule has 0 spiro atoms. The molecule has 5 nitrogen and oxygen atoms in total. The quantitative estimate of drug-likeness (QED) is 0.813. The number of hydrogen-bond donors (Lipinski definition) is 0. The van der Waals surface area contributed by atoms with Crippen molar-refractivity contribution in [2.24, 2.45) is 5.92 Å². The van der Waals surface area contributed by atoms with Gasteiger partial charge in [-0.3, -0.25) is 9.69 Å². The van der Waals surface area contributed by atoms with Crippen molar-refractivity contribution >= 4 is 5.91 Å². The Kier molecular flexibility index (Phi) is 5.59. The van der Waals surface area contributed by atoms with Crippen molar-refractivity contribution in [1.82, 2.24) is 9.80 Å². The van der Waals surface area contributed by atoms with Gasteiger partial charge in [0.15, 0.2) is 0 Å². The lowest BCUT2D eigenvalue weighted by atomic mass is 10.1. The molecular weight excluding hydrogens is 359 g/mol. The third-order valence-corrected chi connectivity index (χ3v) is 5.48. The van der Waals surface area contributed by atoms with E-state index in [1.807, 2.05) is 4.90 Å². The van der Waals surface area contributed by atoms with Crippen LogP contribution in [0.25, 0.3) is 0 Å². The summed E-state index contributed by atoms with van der Waals surface area (Å²) in [5.74, 6) is 0.702. The van der Waals surface area contributed by atoms with Gasteiger partial charge in [0.1, 0.15) is 18.2 Å². The van der Waals surface area contributed by atoms with E-state index in [-0.39, 0.29) is 24.4 Å². The van der Waals surface area contributed by atoms with Crippen LogP contribution in [0.15, 0.2) is 48.5 Å². The summed E-state index contributed by atoms with van der Waals surface area (Å²) >= 11 is 0. The van der Waals surface area contributed by atoms with Gasteiger partial charge in [-0.05, 0) is 37.4 Å². The highest BCUT2D eigenvalue weighted by atomic mass is 19.1. The number of likely N-dealkylation sites (N-methyl/N-ethyl adjacent to an activating group) is 1. The van der Waals surface area contributed by atoms with E-state index in [2.05, 4.69) is 11.9 Å². The SMILES string of the molecule is CN1C[C@H]2COC[C@@H]1CN(C(=O)c1ccc(OCc3ccccc3F)cc1)C2. The molecule has 4 rings (SSSR count). The van der Waals surface area contributed by atoms with E-state index in [1.54, 1.807) is 42.5 Å². The molecule has 148 valence electrons. The highest BCUT2D eigenvalue weighted by molar-refractivity contribution is 5.94. The number of hydrogen-bond acceptors (Lipinski definition) is 4. The van der Waals surface area contributed by atoms with E-state index >= 15 is 0 Å². The van der Waals surface area contributed by atoms with Crippen molar-refractivity contribution in [3.8, 4) is 5.75 Å². The zero-order chi connectivity index (χ0) is 19.5. The fraction of sp³-hybridized carbons (Fsp3) is 0.409. The molecule has 0 aliphatic carbocycles. The van der Waals surface area contributed by atoms with E-state index in [1.165, 1.54) is 6.07 Å².